The Morgan fingerprint density at radius 1 is 1.00 bits per heavy atom. The summed E-state index contributed by atoms with van der Waals surface area (Å²) in [5.41, 5.74) is 1.28. The Kier molecular flexibility index (Phi) is 3.84. The number of rotatable bonds is 3. The Morgan fingerprint density at radius 3 is 2.54 bits per heavy atom. The summed E-state index contributed by atoms with van der Waals surface area (Å²) >= 11 is 0. The Balaban J connectivity index is 1.68. The number of pyridine rings is 1. The number of anilines is 1. The monoisotopic (exact) mass is 324 g/mol. The first-order valence-corrected chi connectivity index (χ1v) is 8.40. The highest BCUT2D eigenvalue weighted by atomic mass is 16.7. The second-order valence-electron chi connectivity index (χ2n) is 6.40. The summed E-state index contributed by atoms with van der Waals surface area (Å²) in [7, 11) is 0. The predicted octanol–water partition coefficient (Wildman–Crippen LogP) is 3.65. The summed E-state index contributed by atoms with van der Waals surface area (Å²) in [6.45, 7) is 0.245. The molecule has 5 heteroatoms. The fourth-order valence-corrected chi connectivity index (χ4v) is 3.68. The number of amides is 1. The molecular formula is C19H20N2O3. The quantitative estimate of drug-likeness (QED) is 0.936. The molecule has 1 aromatic carbocycles. The van der Waals surface area contributed by atoms with Crippen LogP contribution in [0.15, 0.2) is 42.7 Å². The minimum absolute atomic E-state index is 0.0484. The smallest absolute Gasteiger partial charge is 0.235 e. The third kappa shape index (κ3) is 2.60. The van der Waals surface area contributed by atoms with E-state index in [1.165, 1.54) is 6.42 Å². The SMILES string of the molecule is O=C(Nc1ccncc1)C1(c2ccc3c(c2)OCO3)CCCCC1. The molecule has 0 atom stereocenters. The second kappa shape index (κ2) is 6.15. The highest BCUT2D eigenvalue weighted by molar-refractivity contribution is 5.99. The van der Waals surface area contributed by atoms with Crippen molar-refractivity contribution in [1.29, 1.82) is 0 Å². The lowest BCUT2D eigenvalue weighted by atomic mass is 9.68. The number of carbonyl (C=O) groups is 1. The van der Waals surface area contributed by atoms with E-state index in [-0.39, 0.29) is 12.7 Å². The molecule has 0 unspecified atom stereocenters. The minimum Gasteiger partial charge on any atom is -0.454 e. The number of hydrogen-bond donors (Lipinski definition) is 1. The van der Waals surface area contributed by atoms with E-state index in [1.54, 1.807) is 12.4 Å². The Labute approximate surface area is 141 Å². The number of nitrogens with zero attached hydrogens (tertiary/aromatic N) is 1. The van der Waals surface area contributed by atoms with E-state index in [9.17, 15) is 4.79 Å². The zero-order valence-corrected chi connectivity index (χ0v) is 13.5. The van der Waals surface area contributed by atoms with Crippen molar-refractivity contribution in [2.45, 2.75) is 37.5 Å². The normalized spacial score (nSPS) is 18.2. The molecule has 1 aliphatic carbocycles. The van der Waals surface area contributed by atoms with Crippen molar-refractivity contribution in [2.75, 3.05) is 12.1 Å². The minimum atomic E-state index is -0.511. The van der Waals surface area contributed by atoms with Gasteiger partial charge in [-0.25, -0.2) is 0 Å². The topological polar surface area (TPSA) is 60.5 Å². The van der Waals surface area contributed by atoms with Crippen molar-refractivity contribution in [1.82, 2.24) is 4.98 Å². The highest BCUT2D eigenvalue weighted by Gasteiger charge is 2.41. The van der Waals surface area contributed by atoms with Crippen LogP contribution in [-0.4, -0.2) is 17.7 Å². The summed E-state index contributed by atoms with van der Waals surface area (Å²) in [4.78, 5) is 17.2. The van der Waals surface area contributed by atoms with Crippen molar-refractivity contribution in [3.05, 3.63) is 48.3 Å². The number of ether oxygens (including phenoxy) is 2. The number of fused-ring (bicyclic) bond motifs is 1. The maximum Gasteiger partial charge on any atom is 0.235 e. The maximum atomic E-state index is 13.2. The van der Waals surface area contributed by atoms with Crippen molar-refractivity contribution in [3.8, 4) is 11.5 Å². The molecule has 2 heterocycles. The number of carbonyl (C=O) groups excluding carboxylic acids is 1. The van der Waals surface area contributed by atoms with Crippen LogP contribution < -0.4 is 14.8 Å². The first-order chi connectivity index (χ1) is 11.8. The van der Waals surface area contributed by atoms with Crippen LogP contribution in [0.1, 0.15) is 37.7 Å². The van der Waals surface area contributed by atoms with E-state index in [0.29, 0.717) is 0 Å². The van der Waals surface area contributed by atoms with Gasteiger partial charge in [-0.3, -0.25) is 9.78 Å². The summed E-state index contributed by atoms with van der Waals surface area (Å²) in [6.07, 6.45) is 8.35. The van der Waals surface area contributed by atoms with Crippen LogP contribution in [0.5, 0.6) is 11.5 Å². The summed E-state index contributed by atoms with van der Waals surface area (Å²) in [5.74, 6) is 1.53. The molecule has 124 valence electrons. The van der Waals surface area contributed by atoms with Crippen LogP contribution >= 0.6 is 0 Å². The fourth-order valence-electron chi connectivity index (χ4n) is 3.68. The average Bonchev–Trinajstić information content (AvgIpc) is 3.11. The Morgan fingerprint density at radius 2 is 1.75 bits per heavy atom. The number of nitrogens with one attached hydrogen (secondary N) is 1. The number of aromatic nitrogens is 1. The molecule has 1 saturated carbocycles. The predicted molar refractivity (Wildman–Crippen MR) is 90.2 cm³/mol. The molecule has 1 N–H and O–H groups in total. The van der Waals surface area contributed by atoms with E-state index in [4.69, 9.17) is 9.47 Å². The molecule has 1 aromatic heterocycles. The molecule has 0 spiro atoms. The van der Waals surface area contributed by atoms with Gasteiger partial charge in [-0.15, -0.1) is 0 Å². The van der Waals surface area contributed by atoms with Crippen LogP contribution in [0.2, 0.25) is 0 Å². The van der Waals surface area contributed by atoms with E-state index < -0.39 is 5.41 Å². The summed E-state index contributed by atoms with van der Waals surface area (Å²) < 4.78 is 10.9. The third-order valence-electron chi connectivity index (χ3n) is 5.01. The van der Waals surface area contributed by atoms with Crippen LogP contribution in [0, 0.1) is 0 Å². The second-order valence-corrected chi connectivity index (χ2v) is 6.40. The molecule has 2 aliphatic rings. The summed E-state index contributed by atoms with van der Waals surface area (Å²) in [5, 5.41) is 3.07. The van der Waals surface area contributed by atoms with Crippen LogP contribution in [0.25, 0.3) is 0 Å². The molecule has 4 rings (SSSR count). The van der Waals surface area contributed by atoms with Crippen LogP contribution in [-0.2, 0) is 10.2 Å². The van der Waals surface area contributed by atoms with Crippen molar-refractivity contribution in [2.24, 2.45) is 0 Å². The Hall–Kier alpha value is -2.56. The number of hydrogen-bond acceptors (Lipinski definition) is 4. The molecule has 1 aliphatic heterocycles. The zero-order valence-electron chi connectivity index (χ0n) is 13.5. The van der Waals surface area contributed by atoms with Gasteiger partial charge in [-0.1, -0.05) is 25.3 Å². The highest BCUT2D eigenvalue weighted by Crippen LogP contribution is 2.44. The first kappa shape index (κ1) is 15.0. The molecule has 1 amide bonds. The largest absolute Gasteiger partial charge is 0.454 e. The molecule has 0 saturated heterocycles. The lowest BCUT2D eigenvalue weighted by molar-refractivity contribution is -0.122. The van der Waals surface area contributed by atoms with Gasteiger partial charge in [-0.05, 0) is 42.7 Å². The molecule has 2 aromatic rings. The van der Waals surface area contributed by atoms with Crippen LogP contribution in [0.4, 0.5) is 5.69 Å². The molecule has 5 nitrogen and oxygen atoms in total. The van der Waals surface area contributed by atoms with Gasteiger partial charge in [0, 0.05) is 18.1 Å². The average molecular weight is 324 g/mol. The summed E-state index contributed by atoms with van der Waals surface area (Å²) in [6, 6.07) is 9.51. The van der Waals surface area contributed by atoms with Gasteiger partial charge in [0.25, 0.3) is 0 Å². The van der Waals surface area contributed by atoms with Crippen molar-refractivity contribution < 1.29 is 14.3 Å². The first-order valence-electron chi connectivity index (χ1n) is 8.40. The van der Waals surface area contributed by atoms with E-state index in [2.05, 4.69) is 10.3 Å². The van der Waals surface area contributed by atoms with Crippen molar-refractivity contribution in [3.63, 3.8) is 0 Å². The van der Waals surface area contributed by atoms with E-state index >= 15 is 0 Å². The molecule has 0 radical (unpaired) electrons. The van der Waals surface area contributed by atoms with Crippen molar-refractivity contribution >= 4 is 11.6 Å². The van der Waals surface area contributed by atoms with Gasteiger partial charge in [0.05, 0.1) is 5.41 Å². The number of benzene rings is 1. The lowest BCUT2D eigenvalue weighted by Crippen LogP contribution is -2.42. The fraction of sp³-hybridized carbons (Fsp3) is 0.368. The Bertz CT molecular complexity index is 740. The van der Waals surface area contributed by atoms with Gasteiger partial charge in [0.1, 0.15) is 0 Å². The van der Waals surface area contributed by atoms with Gasteiger partial charge in [0.2, 0.25) is 12.7 Å². The third-order valence-corrected chi connectivity index (χ3v) is 5.01. The maximum absolute atomic E-state index is 13.2. The zero-order chi connectivity index (χ0) is 16.4. The molecular weight excluding hydrogens is 304 g/mol. The van der Waals surface area contributed by atoms with Gasteiger partial charge >= 0.3 is 0 Å². The van der Waals surface area contributed by atoms with Crippen LogP contribution in [0.3, 0.4) is 0 Å². The van der Waals surface area contributed by atoms with E-state index in [0.717, 1.165) is 48.4 Å². The lowest BCUT2D eigenvalue weighted by Gasteiger charge is -2.36. The van der Waals surface area contributed by atoms with E-state index in [1.807, 2.05) is 30.3 Å². The molecule has 24 heavy (non-hydrogen) atoms. The van der Waals surface area contributed by atoms with Gasteiger partial charge < -0.3 is 14.8 Å². The van der Waals surface area contributed by atoms with Gasteiger partial charge in [-0.2, -0.15) is 0 Å². The molecule has 0 bridgehead atoms. The molecule has 1 fully saturated rings. The standard InChI is InChI=1S/C19H20N2O3/c22-18(21-15-6-10-20-11-7-15)19(8-2-1-3-9-19)14-4-5-16-17(12-14)24-13-23-16/h4-7,10-12H,1-3,8-9,13H2,(H,20,21,22). The van der Waals surface area contributed by atoms with Gasteiger partial charge in [0.15, 0.2) is 11.5 Å².